The second kappa shape index (κ2) is 5.52. The minimum Gasteiger partial charge on any atom is -0.383 e. The van der Waals surface area contributed by atoms with Gasteiger partial charge in [-0.05, 0) is 5.41 Å². The third-order valence-electron chi connectivity index (χ3n) is 2.63. The number of carbonyl (C=O) groups excluding carboxylic acids is 1. The average Bonchev–Trinajstić information content (AvgIpc) is 2.34. The van der Waals surface area contributed by atoms with Crippen LogP contribution in [-0.2, 0) is 0 Å². The van der Waals surface area contributed by atoms with Crippen molar-refractivity contribution in [1.29, 1.82) is 5.26 Å². The van der Waals surface area contributed by atoms with Crippen LogP contribution in [0.1, 0.15) is 31.1 Å². The van der Waals surface area contributed by atoms with Crippen molar-refractivity contribution in [2.24, 2.45) is 5.41 Å². The van der Waals surface area contributed by atoms with Crippen LogP contribution in [0, 0.1) is 26.9 Å². The quantitative estimate of drug-likeness (QED) is 0.630. The van der Waals surface area contributed by atoms with Gasteiger partial charge in [0.1, 0.15) is 18.1 Å². The molecule has 0 fully saturated rings. The second-order valence-electron chi connectivity index (χ2n) is 5.29. The summed E-state index contributed by atoms with van der Waals surface area (Å²) in [5, 5.41) is 22.2. The highest BCUT2D eigenvalue weighted by molar-refractivity contribution is 5.99. The molecule has 1 aromatic rings. The van der Waals surface area contributed by atoms with Gasteiger partial charge in [0.05, 0.1) is 16.6 Å². The fourth-order valence-electron chi connectivity index (χ4n) is 1.40. The average molecular weight is 277 g/mol. The number of anilines is 1. The van der Waals surface area contributed by atoms with Crippen LogP contribution in [-0.4, -0.2) is 21.9 Å². The van der Waals surface area contributed by atoms with Gasteiger partial charge in [-0.2, -0.15) is 5.26 Å². The smallest absolute Gasteiger partial charge is 0.288 e. The van der Waals surface area contributed by atoms with Crippen LogP contribution in [0.4, 0.5) is 11.5 Å². The molecule has 1 aromatic heterocycles. The third-order valence-corrected chi connectivity index (χ3v) is 2.63. The predicted octanol–water partition coefficient (Wildman–Crippen LogP) is 1.24. The maximum Gasteiger partial charge on any atom is 0.288 e. The van der Waals surface area contributed by atoms with Crippen molar-refractivity contribution in [3.63, 3.8) is 0 Å². The Labute approximate surface area is 115 Å². The number of hydrogen-bond donors (Lipinski definition) is 2. The van der Waals surface area contributed by atoms with E-state index in [9.17, 15) is 14.9 Å². The number of rotatable bonds is 3. The number of nitriles is 1. The Bertz CT molecular complexity index is 586. The minimum atomic E-state index is -0.756. The third kappa shape index (κ3) is 3.41. The first kappa shape index (κ1) is 15.4. The summed E-state index contributed by atoms with van der Waals surface area (Å²) >= 11 is 0. The standard InChI is InChI=1S/C12H15N5O3/c1-12(2,3)9(5-13)16-11(18)8-4-7(17(19)20)6-15-10(8)14/h4,6,9H,1-3H3,(H2,14,15)(H,16,18)/t9-/m0/s1. The number of nitrogens with two attached hydrogens (primary N) is 1. The van der Waals surface area contributed by atoms with Crippen molar-refractivity contribution in [3.05, 3.63) is 27.9 Å². The summed E-state index contributed by atoms with van der Waals surface area (Å²) in [5.41, 5.74) is 4.60. The summed E-state index contributed by atoms with van der Waals surface area (Å²) in [6.45, 7) is 5.36. The molecule has 0 bridgehead atoms. The van der Waals surface area contributed by atoms with E-state index in [0.29, 0.717) is 0 Å². The highest BCUT2D eigenvalue weighted by Gasteiger charge is 2.27. The zero-order valence-electron chi connectivity index (χ0n) is 11.4. The van der Waals surface area contributed by atoms with E-state index in [1.54, 1.807) is 20.8 Å². The van der Waals surface area contributed by atoms with E-state index in [-0.39, 0.29) is 17.1 Å². The summed E-state index contributed by atoms with van der Waals surface area (Å²) in [5.74, 6) is -0.793. The molecule has 0 aliphatic rings. The van der Waals surface area contributed by atoms with E-state index in [0.717, 1.165) is 12.3 Å². The molecule has 20 heavy (non-hydrogen) atoms. The van der Waals surface area contributed by atoms with E-state index < -0.39 is 22.3 Å². The van der Waals surface area contributed by atoms with Gasteiger partial charge in [0, 0.05) is 6.07 Å². The number of nitrogen functional groups attached to an aromatic ring is 1. The normalized spacial score (nSPS) is 12.3. The van der Waals surface area contributed by atoms with Crippen molar-refractivity contribution in [1.82, 2.24) is 10.3 Å². The summed E-state index contributed by atoms with van der Waals surface area (Å²) in [4.78, 5) is 25.7. The van der Waals surface area contributed by atoms with E-state index in [2.05, 4.69) is 10.3 Å². The molecule has 1 heterocycles. The molecular formula is C12H15N5O3. The molecular weight excluding hydrogens is 262 g/mol. The summed E-state index contributed by atoms with van der Waals surface area (Å²) in [6, 6.07) is 2.25. The Morgan fingerprint density at radius 1 is 1.60 bits per heavy atom. The molecule has 8 heteroatoms. The van der Waals surface area contributed by atoms with Gasteiger partial charge >= 0.3 is 0 Å². The fraction of sp³-hybridized carbons (Fsp3) is 0.417. The molecule has 1 rings (SSSR count). The van der Waals surface area contributed by atoms with Gasteiger partial charge in [0.25, 0.3) is 11.6 Å². The molecule has 0 radical (unpaired) electrons. The lowest BCUT2D eigenvalue weighted by molar-refractivity contribution is -0.385. The highest BCUT2D eigenvalue weighted by atomic mass is 16.6. The SMILES string of the molecule is CC(C)(C)[C@H](C#N)NC(=O)c1cc([N+](=O)[O-])cnc1N. The van der Waals surface area contributed by atoms with Crippen LogP contribution in [0.25, 0.3) is 0 Å². The van der Waals surface area contributed by atoms with Crippen LogP contribution in [0.15, 0.2) is 12.3 Å². The van der Waals surface area contributed by atoms with Gasteiger partial charge in [-0.3, -0.25) is 14.9 Å². The molecule has 0 spiro atoms. The molecule has 1 atom stereocenters. The number of hydrogen-bond acceptors (Lipinski definition) is 6. The molecule has 0 aliphatic heterocycles. The Kier molecular flexibility index (Phi) is 4.24. The number of carbonyl (C=O) groups is 1. The number of nitrogens with zero attached hydrogens (tertiary/aromatic N) is 3. The lowest BCUT2D eigenvalue weighted by Gasteiger charge is -2.25. The lowest BCUT2D eigenvalue weighted by Crippen LogP contribution is -2.42. The zero-order valence-corrected chi connectivity index (χ0v) is 11.4. The van der Waals surface area contributed by atoms with E-state index >= 15 is 0 Å². The molecule has 0 saturated heterocycles. The number of nitrogens with one attached hydrogen (secondary N) is 1. The van der Waals surface area contributed by atoms with Gasteiger partial charge in [0.2, 0.25) is 0 Å². The number of nitro groups is 1. The van der Waals surface area contributed by atoms with Gasteiger partial charge in [-0.1, -0.05) is 20.8 Å². The van der Waals surface area contributed by atoms with Crippen molar-refractivity contribution >= 4 is 17.4 Å². The maximum atomic E-state index is 12.1. The van der Waals surface area contributed by atoms with Gasteiger partial charge in [-0.25, -0.2) is 4.98 Å². The first-order valence-electron chi connectivity index (χ1n) is 5.77. The van der Waals surface area contributed by atoms with Crippen LogP contribution in [0.5, 0.6) is 0 Å². The van der Waals surface area contributed by atoms with E-state index in [1.807, 2.05) is 6.07 Å². The minimum absolute atomic E-state index is 0.122. The van der Waals surface area contributed by atoms with Crippen molar-refractivity contribution in [2.45, 2.75) is 26.8 Å². The Hall–Kier alpha value is -2.69. The molecule has 1 amide bonds. The van der Waals surface area contributed by atoms with Gasteiger partial charge in [-0.15, -0.1) is 0 Å². The molecule has 0 aromatic carbocycles. The van der Waals surface area contributed by atoms with Crippen LogP contribution < -0.4 is 11.1 Å². The first-order chi connectivity index (χ1) is 9.16. The largest absolute Gasteiger partial charge is 0.383 e. The van der Waals surface area contributed by atoms with Gasteiger partial charge < -0.3 is 11.1 Å². The summed E-state index contributed by atoms with van der Waals surface area (Å²) in [7, 11) is 0. The monoisotopic (exact) mass is 277 g/mol. The zero-order chi connectivity index (χ0) is 15.5. The Balaban J connectivity index is 3.07. The molecule has 106 valence electrons. The number of aromatic nitrogens is 1. The summed E-state index contributed by atoms with van der Waals surface area (Å²) in [6.07, 6.45) is 0.970. The second-order valence-corrected chi connectivity index (χ2v) is 5.29. The topological polar surface area (TPSA) is 135 Å². The molecule has 8 nitrogen and oxygen atoms in total. The van der Waals surface area contributed by atoms with E-state index in [1.165, 1.54) is 0 Å². The highest BCUT2D eigenvalue weighted by Crippen LogP contribution is 2.21. The molecule has 0 aliphatic carbocycles. The van der Waals surface area contributed by atoms with Crippen LogP contribution in [0.3, 0.4) is 0 Å². The fourth-order valence-corrected chi connectivity index (χ4v) is 1.40. The van der Waals surface area contributed by atoms with E-state index in [4.69, 9.17) is 11.0 Å². The molecule has 0 saturated carbocycles. The predicted molar refractivity (Wildman–Crippen MR) is 71.6 cm³/mol. The molecule has 3 N–H and O–H groups in total. The van der Waals surface area contributed by atoms with Gasteiger partial charge in [0.15, 0.2) is 0 Å². The Morgan fingerprint density at radius 2 is 2.20 bits per heavy atom. The van der Waals surface area contributed by atoms with Crippen LogP contribution in [0.2, 0.25) is 0 Å². The number of amides is 1. The Morgan fingerprint density at radius 3 is 2.65 bits per heavy atom. The number of pyridine rings is 1. The lowest BCUT2D eigenvalue weighted by atomic mass is 9.87. The van der Waals surface area contributed by atoms with Crippen LogP contribution >= 0.6 is 0 Å². The van der Waals surface area contributed by atoms with Crippen molar-refractivity contribution in [3.8, 4) is 6.07 Å². The first-order valence-corrected chi connectivity index (χ1v) is 5.77. The maximum absolute atomic E-state index is 12.1. The molecule has 0 unspecified atom stereocenters. The summed E-state index contributed by atoms with van der Waals surface area (Å²) < 4.78 is 0. The van der Waals surface area contributed by atoms with Crippen molar-refractivity contribution in [2.75, 3.05) is 5.73 Å². The van der Waals surface area contributed by atoms with Crippen molar-refractivity contribution < 1.29 is 9.72 Å².